The third-order valence-electron chi connectivity index (χ3n) is 20.1. The van der Waals surface area contributed by atoms with Crippen LogP contribution in [-0.2, 0) is 56.2 Å². The van der Waals surface area contributed by atoms with Crippen molar-refractivity contribution in [2.45, 2.75) is 263 Å². The number of amides is 1. The topological polar surface area (TPSA) is 182 Å². The number of aliphatic hydroxyl groups is 1. The van der Waals surface area contributed by atoms with Crippen molar-refractivity contribution in [2.24, 2.45) is 16.7 Å². The van der Waals surface area contributed by atoms with Gasteiger partial charge in [0.2, 0.25) is 5.91 Å². The quantitative estimate of drug-likeness (QED) is 0.0777. The number of thioether (sulfide) groups is 1. The van der Waals surface area contributed by atoms with Gasteiger partial charge in [-0.05, 0) is 122 Å². The first-order valence-corrected chi connectivity index (χ1v) is 38.8. The highest BCUT2D eigenvalue weighted by molar-refractivity contribution is 7.99. The Morgan fingerprint density at radius 3 is 1.94 bits per heavy atom. The highest BCUT2D eigenvalue weighted by Gasteiger charge is 2.79. The molecule has 1 aromatic rings. The molecule has 6 rings (SSSR count). The fourth-order valence-corrected chi connectivity index (χ4v) is 21.3. The van der Waals surface area contributed by atoms with E-state index >= 15 is 9.59 Å². The molecule has 0 spiro atoms. The van der Waals surface area contributed by atoms with E-state index in [1.807, 2.05) is 69.8 Å². The normalized spacial score (nSPS) is 33.1. The molecule has 4 fully saturated rings. The zero-order valence-corrected chi connectivity index (χ0v) is 54.3. The standard InChI is InChI=1S/C60H99NO13SSi3/c1-17-77(18-2,19-3)72-44-37-45-59(39-68-45,71-41(8)62)52-54-60(67)38-43(40(7)48(57(60,12)13)50(53(65)58(44,52)14)74-78(20-4,21-5)22-6)69-55(66)51(73-76(15,16)56(9,10)11)49(42-31-25-23-26-32-42)61-46(63)33-27-24-29-35-75-36-30-28-34-47(64)70-54/h23,25-26,31-32,43-45,49-52,54,67H,17-22,24,27-30,33-39H2,1-16H3,(H,61,63)/t43-,44+,45-,49-,50+,51+,52+,54-,58-,59-,60-/m1/s1. The lowest BCUT2D eigenvalue weighted by Gasteiger charge is -2.68. The Kier molecular flexibility index (Phi) is 21.0. The van der Waals surface area contributed by atoms with Crippen LogP contribution in [0.4, 0.5) is 0 Å². The average Bonchev–Trinajstić information content (AvgIpc) is 3.16. The molecule has 78 heavy (non-hydrogen) atoms. The summed E-state index contributed by atoms with van der Waals surface area (Å²) in [5.41, 5.74) is -5.04. The SMILES string of the molecule is CC[Si](CC)(CC)O[C@@H]1C(=O)[C@]2(C)[C@@H](O[Si](CC)(CC)CC)C[C@H]3OC[C@]3(OC(C)=O)[C@H]2[C@H]2OC(=O)CCCCSCCCCCC(=O)N[C@H](c3ccccc3)[C@H](O[Si](C)(C)C(C)(C)C)C(=O)O[C@@H]3C[C@]2(O)C(C)(C)C1=C3C. The maximum atomic E-state index is 17.2. The average molecular weight is 1160 g/mol. The molecule has 14 nitrogen and oxygen atoms in total. The van der Waals surface area contributed by atoms with Gasteiger partial charge in [-0.1, -0.05) is 113 Å². The fraction of sp³-hybridized carbons (Fsp3) is 0.783. The number of Topliss-reactive ketones (excluding diaryl/α,β-unsaturated/α-hetero) is 1. The van der Waals surface area contributed by atoms with Crippen LogP contribution in [0.1, 0.15) is 166 Å². The Hall–Kier alpha value is -2.69. The van der Waals surface area contributed by atoms with Gasteiger partial charge in [0.15, 0.2) is 42.4 Å². The van der Waals surface area contributed by atoms with Gasteiger partial charge in [-0.15, -0.1) is 0 Å². The van der Waals surface area contributed by atoms with Crippen molar-refractivity contribution < 1.29 is 61.3 Å². The number of carbonyl (C=O) groups is 5. The van der Waals surface area contributed by atoms with Gasteiger partial charge in [0.25, 0.3) is 0 Å². The summed E-state index contributed by atoms with van der Waals surface area (Å²) in [4.78, 5) is 75.9. The van der Waals surface area contributed by atoms with E-state index in [4.69, 9.17) is 32.2 Å². The summed E-state index contributed by atoms with van der Waals surface area (Å²) in [7, 11) is -8.21. The van der Waals surface area contributed by atoms with Gasteiger partial charge < -0.3 is 42.6 Å². The summed E-state index contributed by atoms with van der Waals surface area (Å²) in [5, 5.41) is 17.6. The van der Waals surface area contributed by atoms with Crippen LogP contribution in [0.25, 0.3) is 0 Å². The van der Waals surface area contributed by atoms with Gasteiger partial charge in [0.05, 0.1) is 30.1 Å². The Balaban J connectivity index is 1.70. The van der Waals surface area contributed by atoms with Crippen LogP contribution in [0.3, 0.4) is 0 Å². The predicted octanol–water partition coefficient (Wildman–Crippen LogP) is 12.1. The number of ether oxygens (including phenoxy) is 4. The maximum Gasteiger partial charge on any atom is 0.337 e. The van der Waals surface area contributed by atoms with Crippen LogP contribution >= 0.6 is 11.8 Å². The summed E-state index contributed by atoms with van der Waals surface area (Å²) in [6, 6.07) is 12.8. The summed E-state index contributed by atoms with van der Waals surface area (Å²) in [5.74, 6) is -1.94. The first-order valence-electron chi connectivity index (χ1n) is 29.7. The van der Waals surface area contributed by atoms with Crippen LogP contribution in [-0.4, -0.2) is 126 Å². The molecule has 2 saturated heterocycles. The molecule has 2 saturated carbocycles. The number of carbonyl (C=O) groups excluding carboxylic acids is 5. The second-order valence-corrected chi connectivity index (χ2v) is 41.0. The monoisotopic (exact) mass is 1160 g/mol. The second kappa shape index (κ2) is 25.4. The Morgan fingerprint density at radius 1 is 0.808 bits per heavy atom. The minimum atomic E-state index is -2.85. The lowest BCUT2D eigenvalue weighted by molar-refractivity contribution is -0.346. The van der Waals surface area contributed by atoms with Crippen LogP contribution in [0.2, 0.25) is 54.4 Å². The number of ketones is 1. The molecule has 0 unspecified atom stereocenters. The molecule has 3 bridgehead atoms. The molecule has 2 aliphatic heterocycles. The predicted molar refractivity (Wildman–Crippen MR) is 314 cm³/mol. The molecular formula is C60H99NO13SSi3. The zero-order chi connectivity index (χ0) is 57.9. The van der Waals surface area contributed by atoms with Crippen molar-refractivity contribution in [3.63, 3.8) is 0 Å². The van der Waals surface area contributed by atoms with E-state index in [1.165, 1.54) is 6.92 Å². The molecule has 0 aromatic heterocycles. The van der Waals surface area contributed by atoms with E-state index in [1.54, 1.807) is 0 Å². The van der Waals surface area contributed by atoms with Crippen LogP contribution in [0, 0.1) is 16.7 Å². The minimum Gasteiger partial charge on any atom is -0.459 e. The van der Waals surface area contributed by atoms with E-state index in [0.29, 0.717) is 47.7 Å². The van der Waals surface area contributed by atoms with Crippen molar-refractivity contribution in [1.29, 1.82) is 0 Å². The number of benzene rings is 1. The molecule has 5 aliphatic rings. The van der Waals surface area contributed by atoms with Crippen LogP contribution in [0.5, 0.6) is 0 Å². The summed E-state index contributed by atoms with van der Waals surface area (Å²) in [6.07, 6.45) is -3.05. The molecule has 2 N–H and O–H groups in total. The maximum absolute atomic E-state index is 17.2. The Bertz CT molecular complexity index is 2300. The number of rotatable bonds is 14. The van der Waals surface area contributed by atoms with Gasteiger partial charge in [-0.25, -0.2) is 4.79 Å². The molecular weight excluding hydrogens is 1060 g/mol. The van der Waals surface area contributed by atoms with Gasteiger partial charge >= 0.3 is 17.9 Å². The Morgan fingerprint density at radius 2 is 1.38 bits per heavy atom. The number of hydrogen-bond acceptors (Lipinski definition) is 14. The second-order valence-electron chi connectivity index (χ2n) is 25.6. The first-order chi connectivity index (χ1) is 36.6. The molecule has 1 aromatic carbocycles. The van der Waals surface area contributed by atoms with Gasteiger partial charge in [0.1, 0.15) is 30.0 Å². The molecule has 18 heteroatoms. The van der Waals surface area contributed by atoms with Crippen molar-refractivity contribution in [3.8, 4) is 0 Å². The molecule has 440 valence electrons. The van der Waals surface area contributed by atoms with E-state index in [0.717, 1.165) is 48.9 Å². The molecule has 11 atom stereocenters. The third kappa shape index (κ3) is 12.5. The van der Waals surface area contributed by atoms with Crippen molar-refractivity contribution in [2.75, 3.05) is 18.1 Å². The van der Waals surface area contributed by atoms with E-state index in [9.17, 15) is 19.5 Å². The lowest BCUT2D eigenvalue weighted by Crippen LogP contribution is -2.82. The number of esters is 3. The van der Waals surface area contributed by atoms with E-state index < -0.39 is 113 Å². The smallest absolute Gasteiger partial charge is 0.337 e. The molecule has 2 heterocycles. The van der Waals surface area contributed by atoms with E-state index in [2.05, 4.69) is 80.7 Å². The van der Waals surface area contributed by atoms with Gasteiger partial charge in [-0.3, -0.25) is 19.2 Å². The van der Waals surface area contributed by atoms with Crippen molar-refractivity contribution >= 4 is 66.3 Å². The van der Waals surface area contributed by atoms with E-state index in [-0.39, 0.29) is 49.0 Å². The Labute approximate surface area is 475 Å². The van der Waals surface area contributed by atoms with Crippen LogP contribution < -0.4 is 5.32 Å². The largest absolute Gasteiger partial charge is 0.459 e. The molecule has 1 amide bonds. The van der Waals surface area contributed by atoms with Crippen LogP contribution in [0.15, 0.2) is 41.5 Å². The highest BCUT2D eigenvalue weighted by Crippen LogP contribution is 2.65. The summed E-state index contributed by atoms with van der Waals surface area (Å²) in [6.45, 7) is 31.9. The number of fused-ring (bicyclic) bond motifs is 6. The third-order valence-corrected chi connectivity index (χ3v) is 35.0. The fourth-order valence-electron chi connectivity index (χ4n) is 13.4. The van der Waals surface area contributed by atoms with Crippen molar-refractivity contribution in [1.82, 2.24) is 5.32 Å². The van der Waals surface area contributed by atoms with Gasteiger partial charge in [0, 0.05) is 38.0 Å². The molecule has 0 radical (unpaired) electrons. The minimum absolute atomic E-state index is 0.0366. The summed E-state index contributed by atoms with van der Waals surface area (Å²) < 4.78 is 49.4. The highest BCUT2D eigenvalue weighted by atomic mass is 32.2. The lowest BCUT2D eigenvalue weighted by atomic mass is 9.44. The number of nitrogens with one attached hydrogen (secondary N) is 1. The first kappa shape index (κ1) is 64.5. The zero-order valence-electron chi connectivity index (χ0n) is 50.5. The number of hydrogen-bond donors (Lipinski definition) is 2. The van der Waals surface area contributed by atoms with Gasteiger partial charge in [-0.2, -0.15) is 11.8 Å². The van der Waals surface area contributed by atoms with Crippen molar-refractivity contribution in [3.05, 3.63) is 47.0 Å². The summed E-state index contributed by atoms with van der Waals surface area (Å²) >= 11 is 1.81. The molecule has 3 aliphatic carbocycles.